The molecule has 1 atom stereocenters. The van der Waals surface area contributed by atoms with Gasteiger partial charge in [-0.1, -0.05) is 6.92 Å². The van der Waals surface area contributed by atoms with Crippen LogP contribution in [0.2, 0.25) is 0 Å². The summed E-state index contributed by atoms with van der Waals surface area (Å²) < 4.78 is 25.3. The second kappa shape index (κ2) is 8.69. The van der Waals surface area contributed by atoms with Gasteiger partial charge in [0, 0.05) is 12.6 Å². The Bertz CT molecular complexity index is 705. The summed E-state index contributed by atoms with van der Waals surface area (Å²) in [6.07, 6.45) is 1.52. The molecule has 1 aliphatic rings. The molecule has 1 N–H and O–H groups in total. The second-order valence-corrected chi connectivity index (χ2v) is 7.36. The number of anilines is 1. The molecular formula is C20H29FN2O4. The third kappa shape index (κ3) is 5.19. The summed E-state index contributed by atoms with van der Waals surface area (Å²) in [5, 5.41) is 2.62. The first-order valence-electron chi connectivity index (χ1n) is 9.32. The van der Waals surface area contributed by atoms with Crippen molar-refractivity contribution in [3.63, 3.8) is 0 Å². The van der Waals surface area contributed by atoms with Crippen molar-refractivity contribution >= 4 is 17.7 Å². The number of hydrogen-bond donors (Lipinski definition) is 1. The highest BCUT2D eigenvalue weighted by Crippen LogP contribution is 2.31. The topological polar surface area (TPSA) is 67.9 Å². The Balaban J connectivity index is 2.13. The minimum absolute atomic E-state index is 0.156. The van der Waals surface area contributed by atoms with Crippen LogP contribution in [-0.2, 0) is 20.7 Å². The number of ether oxygens (including phenoxy) is 2. The lowest BCUT2D eigenvalue weighted by Crippen LogP contribution is -2.48. The zero-order chi connectivity index (χ0) is 20.2. The molecule has 0 unspecified atom stereocenters. The SMILES string of the molecule is CCCOC(=O)N1[C@@H](CCc2cc(NC(C)=O)cc(F)c2C)COC1(C)C. The maximum Gasteiger partial charge on any atom is 0.412 e. The summed E-state index contributed by atoms with van der Waals surface area (Å²) in [7, 11) is 0. The monoisotopic (exact) mass is 380 g/mol. The molecule has 0 spiro atoms. The van der Waals surface area contributed by atoms with Crippen molar-refractivity contribution in [3.05, 3.63) is 29.1 Å². The summed E-state index contributed by atoms with van der Waals surface area (Å²) in [6, 6.07) is 2.94. The molecule has 1 fully saturated rings. The van der Waals surface area contributed by atoms with E-state index in [1.165, 1.54) is 13.0 Å². The summed E-state index contributed by atoms with van der Waals surface area (Å²) in [6.45, 7) is 9.48. The largest absolute Gasteiger partial charge is 0.449 e. The maximum atomic E-state index is 14.2. The van der Waals surface area contributed by atoms with Crippen LogP contribution in [0.15, 0.2) is 12.1 Å². The van der Waals surface area contributed by atoms with Crippen molar-refractivity contribution in [2.75, 3.05) is 18.5 Å². The number of amides is 2. The number of benzene rings is 1. The fraction of sp³-hybridized carbons (Fsp3) is 0.600. The number of nitrogens with one attached hydrogen (secondary N) is 1. The van der Waals surface area contributed by atoms with Crippen molar-refractivity contribution in [2.45, 2.75) is 65.6 Å². The Morgan fingerprint density at radius 3 is 2.74 bits per heavy atom. The number of rotatable bonds is 6. The summed E-state index contributed by atoms with van der Waals surface area (Å²) in [5.74, 6) is -0.613. The van der Waals surface area contributed by atoms with Crippen LogP contribution in [0, 0.1) is 12.7 Å². The van der Waals surface area contributed by atoms with Gasteiger partial charge >= 0.3 is 6.09 Å². The standard InChI is InChI=1S/C20H29FN2O4/c1-6-9-26-19(25)23-17(12-27-20(23,4)5)8-7-15-10-16(22-14(3)24)11-18(21)13(15)2/h10-11,17H,6-9,12H2,1-5H3,(H,22,24)/t17-/m0/s1. The van der Waals surface area contributed by atoms with Gasteiger partial charge < -0.3 is 14.8 Å². The van der Waals surface area contributed by atoms with Crippen LogP contribution in [0.3, 0.4) is 0 Å². The minimum atomic E-state index is -0.742. The van der Waals surface area contributed by atoms with Crippen LogP contribution in [-0.4, -0.2) is 41.9 Å². The van der Waals surface area contributed by atoms with Gasteiger partial charge in [0.15, 0.2) is 0 Å². The predicted molar refractivity (Wildman–Crippen MR) is 101 cm³/mol. The van der Waals surface area contributed by atoms with E-state index in [-0.39, 0.29) is 23.9 Å². The first kappa shape index (κ1) is 21.2. The van der Waals surface area contributed by atoms with Gasteiger partial charge in [0.25, 0.3) is 0 Å². The first-order valence-corrected chi connectivity index (χ1v) is 9.32. The molecule has 0 saturated carbocycles. The van der Waals surface area contributed by atoms with E-state index < -0.39 is 5.72 Å². The highest BCUT2D eigenvalue weighted by Gasteiger charge is 2.44. The smallest absolute Gasteiger partial charge is 0.412 e. The highest BCUT2D eigenvalue weighted by molar-refractivity contribution is 5.88. The molecule has 6 nitrogen and oxygen atoms in total. The number of hydrogen-bond acceptors (Lipinski definition) is 4. The third-order valence-electron chi connectivity index (χ3n) is 4.72. The van der Waals surface area contributed by atoms with Gasteiger partial charge in [-0.25, -0.2) is 9.18 Å². The summed E-state index contributed by atoms with van der Waals surface area (Å²) in [4.78, 5) is 25.3. The number of nitrogens with zero attached hydrogens (tertiary/aromatic N) is 1. The van der Waals surface area contributed by atoms with Gasteiger partial charge in [-0.2, -0.15) is 0 Å². The first-order chi connectivity index (χ1) is 12.7. The van der Waals surface area contributed by atoms with Crippen molar-refractivity contribution in [1.82, 2.24) is 4.90 Å². The van der Waals surface area contributed by atoms with Crippen LogP contribution >= 0.6 is 0 Å². The van der Waals surface area contributed by atoms with Gasteiger partial charge in [-0.05, 0) is 63.3 Å². The molecule has 2 amide bonds. The molecule has 0 bridgehead atoms. The Hall–Kier alpha value is -2.15. The normalized spacial score (nSPS) is 18.4. The molecule has 2 rings (SSSR count). The lowest BCUT2D eigenvalue weighted by molar-refractivity contribution is -0.114. The molecule has 1 heterocycles. The quantitative estimate of drug-likeness (QED) is 0.810. The lowest BCUT2D eigenvalue weighted by Gasteiger charge is -2.32. The molecule has 1 saturated heterocycles. The fourth-order valence-corrected chi connectivity index (χ4v) is 3.32. The van der Waals surface area contributed by atoms with Gasteiger partial charge in [0.2, 0.25) is 5.91 Å². The van der Waals surface area contributed by atoms with E-state index >= 15 is 0 Å². The number of carbonyl (C=O) groups is 2. The highest BCUT2D eigenvalue weighted by atomic mass is 19.1. The van der Waals surface area contributed by atoms with E-state index in [4.69, 9.17) is 9.47 Å². The van der Waals surface area contributed by atoms with Crippen LogP contribution in [0.1, 0.15) is 51.7 Å². The molecule has 0 radical (unpaired) electrons. The maximum absolute atomic E-state index is 14.2. The Morgan fingerprint density at radius 1 is 1.41 bits per heavy atom. The van der Waals surface area contributed by atoms with Gasteiger partial charge in [0.1, 0.15) is 11.5 Å². The molecule has 150 valence electrons. The number of aryl methyl sites for hydroxylation is 1. The van der Waals surface area contributed by atoms with Gasteiger partial charge in [0.05, 0.1) is 19.3 Å². The van der Waals surface area contributed by atoms with Crippen LogP contribution in [0.4, 0.5) is 14.9 Å². The Kier molecular flexibility index (Phi) is 6.81. The molecule has 27 heavy (non-hydrogen) atoms. The number of carbonyl (C=O) groups excluding carboxylic acids is 2. The van der Waals surface area contributed by atoms with Gasteiger partial charge in [-0.15, -0.1) is 0 Å². The summed E-state index contributed by atoms with van der Waals surface area (Å²) in [5.41, 5.74) is 1.03. The molecule has 7 heteroatoms. The predicted octanol–water partition coefficient (Wildman–Crippen LogP) is 4.01. The van der Waals surface area contributed by atoms with E-state index in [0.29, 0.717) is 37.3 Å². The fourth-order valence-electron chi connectivity index (χ4n) is 3.32. The van der Waals surface area contributed by atoms with E-state index in [1.54, 1.807) is 17.9 Å². The van der Waals surface area contributed by atoms with Crippen LogP contribution < -0.4 is 5.32 Å². The van der Waals surface area contributed by atoms with E-state index in [1.807, 2.05) is 20.8 Å². The van der Waals surface area contributed by atoms with Crippen LogP contribution in [0.25, 0.3) is 0 Å². The molecule has 0 aromatic heterocycles. The molecule has 1 aromatic rings. The van der Waals surface area contributed by atoms with Crippen molar-refractivity contribution in [1.29, 1.82) is 0 Å². The van der Waals surface area contributed by atoms with Crippen molar-refractivity contribution < 1.29 is 23.5 Å². The van der Waals surface area contributed by atoms with E-state index in [0.717, 1.165) is 12.0 Å². The summed E-state index contributed by atoms with van der Waals surface area (Å²) >= 11 is 0. The van der Waals surface area contributed by atoms with E-state index in [2.05, 4.69) is 5.32 Å². The Morgan fingerprint density at radius 2 is 2.11 bits per heavy atom. The van der Waals surface area contributed by atoms with E-state index in [9.17, 15) is 14.0 Å². The average Bonchev–Trinajstić information content (AvgIpc) is 2.88. The average molecular weight is 380 g/mol. The zero-order valence-corrected chi connectivity index (χ0v) is 16.7. The second-order valence-electron chi connectivity index (χ2n) is 7.36. The minimum Gasteiger partial charge on any atom is -0.449 e. The number of halogens is 1. The molecule has 1 aromatic carbocycles. The zero-order valence-electron chi connectivity index (χ0n) is 16.7. The lowest BCUT2D eigenvalue weighted by atomic mass is 9.99. The Labute approximate surface area is 160 Å². The molecule has 0 aliphatic carbocycles. The van der Waals surface area contributed by atoms with Crippen molar-refractivity contribution in [2.24, 2.45) is 0 Å². The van der Waals surface area contributed by atoms with Gasteiger partial charge in [-0.3, -0.25) is 9.69 Å². The van der Waals surface area contributed by atoms with Crippen molar-refractivity contribution in [3.8, 4) is 0 Å². The molecular weight excluding hydrogens is 351 g/mol. The third-order valence-corrected chi connectivity index (χ3v) is 4.72. The van der Waals surface area contributed by atoms with Crippen LogP contribution in [0.5, 0.6) is 0 Å². The molecule has 1 aliphatic heterocycles.